The average Bonchev–Trinajstić information content (AvgIpc) is 2.34. The molecule has 7 heteroatoms. The largest absolute Gasteiger partial charge is 0.477 e. The number of rotatable bonds is 6. The number of morpholine rings is 1. The van der Waals surface area contributed by atoms with Crippen molar-refractivity contribution in [3.63, 3.8) is 0 Å². The standard InChI is InChI=1S/C11H20N2O5/c1-8(2)12-7-9(14)18-10(11(15)16)13-3-5-17-6-4-13/h8,10,12H,3-7H2,1-2H3,(H,15,16). The fourth-order valence-corrected chi connectivity index (χ4v) is 1.55. The first kappa shape index (κ1) is 14.9. The topological polar surface area (TPSA) is 88.1 Å². The minimum atomic E-state index is -1.23. The van der Waals surface area contributed by atoms with Crippen LogP contribution in [0.25, 0.3) is 0 Å². The molecule has 0 aromatic rings. The third kappa shape index (κ3) is 4.99. The SMILES string of the molecule is CC(C)NCC(=O)OC(C(=O)O)N1CCOCC1. The van der Waals surface area contributed by atoms with Gasteiger partial charge >= 0.3 is 11.9 Å². The molecular formula is C11H20N2O5. The van der Waals surface area contributed by atoms with Crippen LogP contribution < -0.4 is 5.32 Å². The molecule has 1 aliphatic rings. The van der Waals surface area contributed by atoms with Crippen LogP contribution in [0.5, 0.6) is 0 Å². The van der Waals surface area contributed by atoms with E-state index < -0.39 is 18.2 Å². The summed E-state index contributed by atoms with van der Waals surface area (Å²) in [6.07, 6.45) is -1.23. The molecule has 1 saturated heterocycles. The van der Waals surface area contributed by atoms with E-state index in [0.29, 0.717) is 26.3 Å². The number of hydrogen-bond acceptors (Lipinski definition) is 6. The molecule has 0 aromatic carbocycles. The summed E-state index contributed by atoms with van der Waals surface area (Å²) in [6, 6.07) is 0.143. The molecule has 0 amide bonds. The van der Waals surface area contributed by atoms with Gasteiger partial charge in [0.15, 0.2) is 0 Å². The van der Waals surface area contributed by atoms with E-state index in [1.807, 2.05) is 13.8 Å². The highest BCUT2D eigenvalue weighted by Gasteiger charge is 2.30. The molecule has 0 spiro atoms. The number of aliphatic carboxylic acids is 1. The number of hydrogen-bond donors (Lipinski definition) is 2. The Morgan fingerprint density at radius 2 is 2.00 bits per heavy atom. The maximum atomic E-state index is 11.5. The summed E-state index contributed by atoms with van der Waals surface area (Å²) < 4.78 is 10.1. The molecule has 0 aliphatic carbocycles. The lowest BCUT2D eigenvalue weighted by Gasteiger charge is -2.31. The molecule has 1 heterocycles. The summed E-state index contributed by atoms with van der Waals surface area (Å²) >= 11 is 0. The average molecular weight is 260 g/mol. The van der Waals surface area contributed by atoms with E-state index in [-0.39, 0.29) is 12.6 Å². The van der Waals surface area contributed by atoms with Crippen LogP contribution in [-0.2, 0) is 19.1 Å². The second-order valence-electron chi connectivity index (χ2n) is 4.36. The van der Waals surface area contributed by atoms with Crippen molar-refractivity contribution in [2.75, 3.05) is 32.8 Å². The number of carbonyl (C=O) groups is 2. The first-order chi connectivity index (χ1) is 8.50. The number of nitrogens with zero attached hydrogens (tertiary/aromatic N) is 1. The molecule has 0 saturated carbocycles. The number of esters is 1. The Hall–Kier alpha value is -1.18. The minimum Gasteiger partial charge on any atom is -0.477 e. The quantitative estimate of drug-likeness (QED) is 0.609. The smallest absolute Gasteiger partial charge is 0.360 e. The Kier molecular flexibility index (Phi) is 6.03. The van der Waals surface area contributed by atoms with E-state index in [1.54, 1.807) is 4.90 Å². The second-order valence-corrected chi connectivity index (χ2v) is 4.36. The third-order valence-electron chi connectivity index (χ3n) is 2.49. The summed E-state index contributed by atoms with van der Waals surface area (Å²) in [5.41, 5.74) is 0. The van der Waals surface area contributed by atoms with Crippen LogP contribution in [-0.4, -0.2) is 67.1 Å². The third-order valence-corrected chi connectivity index (χ3v) is 2.49. The Labute approximate surface area is 106 Å². The van der Waals surface area contributed by atoms with Gasteiger partial charge in [-0.1, -0.05) is 13.8 Å². The van der Waals surface area contributed by atoms with Gasteiger partial charge in [0.05, 0.1) is 19.8 Å². The summed E-state index contributed by atoms with van der Waals surface area (Å²) in [5.74, 6) is -1.72. The monoisotopic (exact) mass is 260 g/mol. The molecule has 7 nitrogen and oxygen atoms in total. The minimum absolute atomic E-state index is 0.00574. The highest BCUT2D eigenvalue weighted by Crippen LogP contribution is 2.06. The Morgan fingerprint density at radius 3 is 2.50 bits per heavy atom. The fourth-order valence-electron chi connectivity index (χ4n) is 1.55. The second kappa shape index (κ2) is 7.30. The predicted molar refractivity (Wildman–Crippen MR) is 63.0 cm³/mol. The van der Waals surface area contributed by atoms with Crippen molar-refractivity contribution in [1.29, 1.82) is 0 Å². The van der Waals surface area contributed by atoms with Crippen LogP contribution in [0.4, 0.5) is 0 Å². The Bertz CT molecular complexity index is 289. The normalized spacial score (nSPS) is 18.6. The Balaban J connectivity index is 2.46. The zero-order valence-corrected chi connectivity index (χ0v) is 10.7. The number of carboxylic acid groups (broad SMARTS) is 1. The van der Waals surface area contributed by atoms with Gasteiger partial charge in [-0.3, -0.25) is 9.69 Å². The first-order valence-electron chi connectivity index (χ1n) is 5.98. The highest BCUT2D eigenvalue weighted by atomic mass is 16.6. The van der Waals surface area contributed by atoms with Gasteiger partial charge in [0.1, 0.15) is 0 Å². The lowest BCUT2D eigenvalue weighted by atomic mass is 10.3. The molecule has 0 aromatic heterocycles. The van der Waals surface area contributed by atoms with Gasteiger partial charge in [-0.05, 0) is 0 Å². The van der Waals surface area contributed by atoms with Gasteiger partial charge < -0.3 is 19.9 Å². The summed E-state index contributed by atoms with van der Waals surface area (Å²) in [7, 11) is 0. The van der Waals surface area contributed by atoms with Gasteiger partial charge in [-0.25, -0.2) is 4.79 Å². The molecule has 1 fully saturated rings. The molecule has 2 N–H and O–H groups in total. The maximum Gasteiger partial charge on any atom is 0.360 e. The molecule has 18 heavy (non-hydrogen) atoms. The van der Waals surface area contributed by atoms with Gasteiger partial charge in [-0.2, -0.15) is 0 Å². The zero-order chi connectivity index (χ0) is 13.5. The zero-order valence-electron chi connectivity index (χ0n) is 10.7. The van der Waals surface area contributed by atoms with Crippen molar-refractivity contribution >= 4 is 11.9 Å². The van der Waals surface area contributed by atoms with E-state index in [2.05, 4.69) is 5.32 Å². The summed E-state index contributed by atoms with van der Waals surface area (Å²) in [5, 5.41) is 12.0. The molecule has 1 atom stereocenters. The van der Waals surface area contributed by atoms with Crippen LogP contribution in [0.3, 0.4) is 0 Å². The van der Waals surface area contributed by atoms with Crippen molar-refractivity contribution in [3.8, 4) is 0 Å². The maximum absolute atomic E-state index is 11.5. The van der Waals surface area contributed by atoms with Crippen molar-refractivity contribution in [3.05, 3.63) is 0 Å². The van der Waals surface area contributed by atoms with Crippen LogP contribution in [0.1, 0.15) is 13.8 Å². The van der Waals surface area contributed by atoms with E-state index >= 15 is 0 Å². The lowest BCUT2D eigenvalue weighted by molar-refractivity contribution is -0.181. The van der Waals surface area contributed by atoms with Gasteiger partial charge in [0.25, 0.3) is 6.23 Å². The molecule has 1 aliphatic heterocycles. The number of carbonyl (C=O) groups excluding carboxylic acids is 1. The van der Waals surface area contributed by atoms with Crippen LogP contribution >= 0.6 is 0 Å². The molecule has 1 unspecified atom stereocenters. The van der Waals surface area contributed by atoms with Crippen molar-refractivity contribution < 1.29 is 24.2 Å². The molecule has 0 radical (unpaired) electrons. The first-order valence-corrected chi connectivity index (χ1v) is 5.98. The van der Waals surface area contributed by atoms with Gasteiger partial charge in [0.2, 0.25) is 0 Å². The summed E-state index contributed by atoms with van der Waals surface area (Å²) in [4.78, 5) is 24.2. The molecule has 1 rings (SSSR count). The molecular weight excluding hydrogens is 240 g/mol. The van der Waals surface area contributed by atoms with Gasteiger partial charge in [0, 0.05) is 19.1 Å². The van der Waals surface area contributed by atoms with E-state index in [1.165, 1.54) is 0 Å². The highest BCUT2D eigenvalue weighted by molar-refractivity contribution is 5.78. The van der Waals surface area contributed by atoms with E-state index in [0.717, 1.165) is 0 Å². The van der Waals surface area contributed by atoms with E-state index in [9.17, 15) is 9.59 Å². The van der Waals surface area contributed by atoms with Crippen LogP contribution in [0.2, 0.25) is 0 Å². The van der Waals surface area contributed by atoms with Crippen LogP contribution in [0.15, 0.2) is 0 Å². The number of nitrogens with one attached hydrogen (secondary N) is 1. The van der Waals surface area contributed by atoms with E-state index in [4.69, 9.17) is 14.6 Å². The van der Waals surface area contributed by atoms with Crippen LogP contribution in [0, 0.1) is 0 Å². The molecule has 0 bridgehead atoms. The number of ether oxygens (including phenoxy) is 2. The molecule has 104 valence electrons. The Morgan fingerprint density at radius 1 is 1.39 bits per heavy atom. The fraction of sp³-hybridized carbons (Fsp3) is 0.818. The predicted octanol–water partition coefficient (Wildman–Crippen LogP) is -0.729. The summed E-state index contributed by atoms with van der Waals surface area (Å²) in [6.45, 7) is 5.58. The van der Waals surface area contributed by atoms with Crippen molar-refractivity contribution in [1.82, 2.24) is 10.2 Å². The van der Waals surface area contributed by atoms with Gasteiger partial charge in [-0.15, -0.1) is 0 Å². The van der Waals surface area contributed by atoms with Crippen molar-refractivity contribution in [2.24, 2.45) is 0 Å². The number of carboxylic acids is 1. The van der Waals surface area contributed by atoms with Crippen molar-refractivity contribution in [2.45, 2.75) is 26.1 Å². The lowest BCUT2D eigenvalue weighted by Crippen LogP contribution is -2.50.